The number of amides is 1. The summed E-state index contributed by atoms with van der Waals surface area (Å²) in [5.74, 6) is 3.02. The minimum atomic E-state index is -1.45. The van der Waals surface area contributed by atoms with E-state index >= 15 is 0 Å². The zero-order chi connectivity index (χ0) is 16.9. The molecule has 2 rings (SSSR count). The number of rotatable bonds is 3. The van der Waals surface area contributed by atoms with Gasteiger partial charge in [0.25, 0.3) is 0 Å². The van der Waals surface area contributed by atoms with Gasteiger partial charge in [-0.25, -0.2) is 0 Å². The van der Waals surface area contributed by atoms with Crippen molar-refractivity contribution in [2.24, 2.45) is 0 Å². The summed E-state index contributed by atoms with van der Waals surface area (Å²) in [7, 11) is -1.45. The average molecular weight is 321 g/mol. The predicted octanol–water partition coefficient (Wildman–Crippen LogP) is 4.66. The molecule has 0 radical (unpaired) electrons. The molecule has 118 valence electrons. The third-order valence-corrected chi connectivity index (χ3v) is 4.32. The molecule has 3 heteroatoms. The number of hydrogen-bond donors (Lipinski definition) is 1. The fourth-order valence-corrected chi connectivity index (χ4v) is 2.60. The van der Waals surface area contributed by atoms with Gasteiger partial charge in [-0.15, -0.1) is 5.54 Å². The molecule has 1 amide bonds. The van der Waals surface area contributed by atoms with Crippen LogP contribution in [0, 0.1) is 11.5 Å². The highest BCUT2D eigenvalue weighted by atomic mass is 28.3. The summed E-state index contributed by atoms with van der Waals surface area (Å²) in [6.07, 6.45) is 0. The molecule has 23 heavy (non-hydrogen) atoms. The van der Waals surface area contributed by atoms with E-state index in [9.17, 15) is 4.79 Å². The van der Waals surface area contributed by atoms with Gasteiger partial charge in [0.1, 0.15) is 8.07 Å². The van der Waals surface area contributed by atoms with Gasteiger partial charge in [0.2, 0.25) is 5.91 Å². The number of anilines is 1. The average Bonchev–Trinajstić information content (AvgIpc) is 2.53. The molecule has 0 saturated heterocycles. The molecular weight excluding hydrogens is 298 g/mol. The predicted molar refractivity (Wildman–Crippen MR) is 100 cm³/mol. The highest BCUT2D eigenvalue weighted by Crippen LogP contribution is 2.20. The molecule has 0 aromatic heterocycles. The maximum absolute atomic E-state index is 12.5. The summed E-state index contributed by atoms with van der Waals surface area (Å²) in [5.41, 5.74) is 6.02. The first kappa shape index (κ1) is 17.0. The molecule has 2 aromatic rings. The summed E-state index contributed by atoms with van der Waals surface area (Å²) in [4.78, 5) is 12.5. The molecule has 2 aromatic carbocycles. The summed E-state index contributed by atoms with van der Waals surface area (Å²) < 4.78 is 0. The SMILES string of the molecule is CC(C(=O)Nc1ccccc1C#C[Si](C)(C)C)c1ccccc1. The van der Waals surface area contributed by atoms with Crippen molar-refractivity contribution in [3.63, 3.8) is 0 Å². The van der Waals surface area contributed by atoms with E-state index in [4.69, 9.17) is 0 Å². The molecule has 0 spiro atoms. The Bertz CT molecular complexity index is 735. The number of hydrogen-bond acceptors (Lipinski definition) is 1. The molecular formula is C20H23NOSi. The van der Waals surface area contributed by atoms with Crippen LogP contribution in [0.3, 0.4) is 0 Å². The lowest BCUT2D eigenvalue weighted by atomic mass is 10.0. The Hall–Kier alpha value is -2.31. The van der Waals surface area contributed by atoms with Crippen LogP contribution in [-0.2, 0) is 4.79 Å². The van der Waals surface area contributed by atoms with Gasteiger partial charge in [-0.1, -0.05) is 68.0 Å². The second-order valence-corrected chi connectivity index (χ2v) is 11.4. The van der Waals surface area contributed by atoms with Crippen LogP contribution in [0.2, 0.25) is 19.6 Å². The van der Waals surface area contributed by atoms with Gasteiger partial charge in [0.15, 0.2) is 0 Å². The van der Waals surface area contributed by atoms with Gasteiger partial charge in [0, 0.05) is 5.56 Å². The summed E-state index contributed by atoms with van der Waals surface area (Å²) >= 11 is 0. The molecule has 0 fully saturated rings. The Kier molecular flexibility index (Phi) is 5.41. The van der Waals surface area contributed by atoms with E-state index in [1.54, 1.807) is 0 Å². The molecule has 1 unspecified atom stereocenters. The highest BCUT2D eigenvalue weighted by Gasteiger charge is 2.16. The van der Waals surface area contributed by atoms with E-state index in [1.807, 2.05) is 61.5 Å². The van der Waals surface area contributed by atoms with Crippen LogP contribution in [0.5, 0.6) is 0 Å². The smallest absolute Gasteiger partial charge is 0.231 e. The zero-order valence-corrected chi connectivity index (χ0v) is 15.2. The Morgan fingerprint density at radius 2 is 1.61 bits per heavy atom. The molecule has 0 bridgehead atoms. The first-order valence-electron chi connectivity index (χ1n) is 7.85. The van der Waals surface area contributed by atoms with Gasteiger partial charge < -0.3 is 5.32 Å². The largest absolute Gasteiger partial charge is 0.324 e. The van der Waals surface area contributed by atoms with Crippen molar-refractivity contribution in [2.75, 3.05) is 5.32 Å². The van der Waals surface area contributed by atoms with E-state index in [0.29, 0.717) is 0 Å². The highest BCUT2D eigenvalue weighted by molar-refractivity contribution is 6.83. The topological polar surface area (TPSA) is 29.1 Å². The second-order valence-electron chi connectivity index (χ2n) is 6.67. The van der Waals surface area contributed by atoms with Crippen molar-refractivity contribution in [2.45, 2.75) is 32.5 Å². The number of carbonyl (C=O) groups is 1. The normalized spacial score (nSPS) is 12.0. The molecule has 0 aliphatic carbocycles. The van der Waals surface area contributed by atoms with Crippen molar-refractivity contribution in [3.8, 4) is 11.5 Å². The van der Waals surface area contributed by atoms with Crippen LogP contribution in [0.15, 0.2) is 54.6 Å². The van der Waals surface area contributed by atoms with Gasteiger partial charge in [0.05, 0.1) is 11.6 Å². The maximum atomic E-state index is 12.5. The first-order valence-corrected chi connectivity index (χ1v) is 11.3. The second kappa shape index (κ2) is 7.30. The number of benzene rings is 2. The van der Waals surface area contributed by atoms with Crippen molar-refractivity contribution >= 4 is 19.7 Å². The molecule has 0 aliphatic heterocycles. The van der Waals surface area contributed by atoms with E-state index < -0.39 is 8.07 Å². The first-order chi connectivity index (χ1) is 10.9. The van der Waals surface area contributed by atoms with Crippen molar-refractivity contribution < 1.29 is 4.79 Å². The lowest BCUT2D eigenvalue weighted by molar-refractivity contribution is -0.117. The van der Waals surface area contributed by atoms with Crippen LogP contribution in [0.25, 0.3) is 0 Å². The lowest BCUT2D eigenvalue weighted by Crippen LogP contribution is -2.19. The quantitative estimate of drug-likeness (QED) is 0.646. The van der Waals surface area contributed by atoms with Gasteiger partial charge in [-0.3, -0.25) is 4.79 Å². The van der Waals surface area contributed by atoms with Crippen molar-refractivity contribution in [1.29, 1.82) is 0 Å². The summed E-state index contributed by atoms with van der Waals surface area (Å²) in [5, 5.41) is 3.02. The third-order valence-electron chi connectivity index (χ3n) is 3.45. The number of carbonyl (C=O) groups excluding carboxylic acids is 1. The van der Waals surface area contributed by atoms with Gasteiger partial charge in [-0.2, -0.15) is 0 Å². The van der Waals surface area contributed by atoms with E-state index in [-0.39, 0.29) is 11.8 Å². The molecule has 0 heterocycles. The maximum Gasteiger partial charge on any atom is 0.231 e. The molecule has 0 aliphatic rings. The molecule has 2 nitrogen and oxygen atoms in total. The minimum absolute atomic E-state index is 0.0153. The van der Waals surface area contributed by atoms with E-state index in [2.05, 4.69) is 36.4 Å². The fourth-order valence-electron chi connectivity index (χ4n) is 2.09. The summed E-state index contributed by atoms with van der Waals surface area (Å²) in [6, 6.07) is 17.5. The zero-order valence-electron chi connectivity index (χ0n) is 14.2. The minimum Gasteiger partial charge on any atom is -0.324 e. The summed E-state index contributed by atoms with van der Waals surface area (Å²) in [6.45, 7) is 8.54. The van der Waals surface area contributed by atoms with Crippen molar-refractivity contribution in [3.05, 3.63) is 65.7 Å². The number of nitrogens with one attached hydrogen (secondary N) is 1. The van der Waals surface area contributed by atoms with Crippen molar-refractivity contribution in [1.82, 2.24) is 0 Å². The van der Waals surface area contributed by atoms with Gasteiger partial charge >= 0.3 is 0 Å². The number of para-hydroxylation sites is 1. The van der Waals surface area contributed by atoms with E-state index in [1.165, 1.54) is 0 Å². The molecule has 1 atom stereocenters. The standard InChI is InChI=1S/C20H23NOSi/c1-16(17-10-6-5-7-11-17)20(22)21-19-13-9-8-12-18(19)14-15-23(2,3)4/h5-13,16H,1-4H3,(H,21,22). The fraction of sp³-hybridized carbons (Fsp3) is 0.250. The van der Waals surface area contributed by atoms with Crippen LogP contribution in [0.4, 0.5) is 5.69 Å². The van der Waals surface area contributed by atoms with Crippen LogP contribution >= 0.6 is 0 Å². The monoisotopic (exact) mass is 321 g/mol. The van der Waals surface area contributed by atoms with Crippen LogP contribution < -0.4 is 5.32 Å². The molecule has 0 saturated carbocycles. The Morgan fingerprint density at radius 1 is 1.00 bits per heavy atom. The van der Waals surface area contributed by atoms with Gasteiger partial charge in [-0.05, 0) is 24.6 Å². The van der Waals surface area contributed by atoms with Crippen LogP contribution in [0.1, 0.15) is 24.0 Å². The van der Waals surface area contributed by atoms with E-state index in [0.717, 1.165) is 16.8 Å². The Morgan fingerprint density at radius 3 is 2.26 bits per heavy atom. The Balaban J connectivity index is 2.20. The third kappa shape index (κ3) is 5.12. The lowest BCUT2D eigenvalue weighted by Gasteiger charge is -2.14. The Labute approximate surface area is 139 Å². The van der Waals surface area contributed by atoms with Crippen LogP contribution in [-0.4, -0.2) is 14.0 Å². The molecule has 1 N–H and O–H groups in total.